The molecule has 0 spiro atoms. The Hall–Kier alpha value is -2.90. The van der Waals surface area contributed by atoms with Crippen LogP contribution in [0.5, 0.6) is 0 Å². The van der Waals surface area contributed by atoms with Crippen molar-refractivity contribution < 1.29 is 14.7 Å². The van der Waals surface area contributed by atoms with Crippen molar-refractivity contribution >= 4 is 17.6 Å². The summed E-state index contributed by atoms with van der Waals surface area (Å²) in [6.45, 7) is 2.01. The average Bonchev–Trinajstić information content (AvgIpc) is 3.39. The summed E-state index contributed by atoms with van der Waals surface area (Å²) >= 11 is 0. The number of carbonyl (C=O) groups excluding carboxylic acids is 1. The highest BCUT2D eigenvalue weighted by Gasteiger charge is 2.44. The number of para-hydroxylation sites is 1. The lowest BCUT2D eigenvalue weighted by Crippen LogP contribution is -2.55. The molecule has 154 valence electrons. The van der Waals surface area contributed by atoms with E-state index in [-0.39, 0.29) is 17.5 Å². The molecule has 0 bridgehead atoms. The van der Waals surface area contributed by atoms with Gasteiger partial charge in [-0.15, -0.1) is 5.10 Å². The summed E-state index contributed by atoms with van der Waals surface area (Å²) in [5.41, 5.74) is 0.415. The number of benzene rings is 1. The molecular formula is C21H27N5O3. The van der Waals surface area contributed by atoms with Gasteiger partial charge in [0.1, 0.15) is 5.54 Å². The zero-order chi connectivity index (χ0) is 20.3. The highest BCUT2D eigenvalue weighted by Crippen LogP contribution is 2.36. The third kappa shape index (κ3) is 4.26. The van der Waals surface area contributed by atoms with E-state index < -0.39 is 11.5 Å². The number of carbonyl (C=O) groups is 2. The first-order valence-corrected chi connectivity index (χ1v) is 10.3. The van der Waals surface area contributed by atoms with Gasteiger partial charge in [-0.2, -0.15) is 0 Å². The molecule has 4 rings (SSSR count). The number of piperidine rings is 1. The summed E-state index contributed by atoms with van der Waals surface area (Å²) in [5.74, 6) is -0.647. The van der Waals surface area contributed by atoms with Gasteiger partial charge >= 0.3 is 5.97 Å². The van der Waals surface area contributed by atoms with Crippen LogP contribution in [-0.4, -0.2) is 55.5 Å². The number of aromatic nitrogens is 3. The number of carboxylic acid groups (broad SMARTS) is 1. The van der Waals surface area contributed by atoms with Crippen LogP contribution in [0.3, 0.4) is 0 Å². The predicted octanol–water partition coefficient (Wildman–Crippen LogP) is 2.64. The number of nitrogens with zero attached hydrogens (tertiary/aromatic N) is 4. The Morgan fingerprint density at radius 3 is 2.62 bits per heavy atom. The van der Waals surface area contributed by atoms with Crippen molar-refractivity contribution in [3.05, 3.63) is 42.2 Å². The molecule has 1 aliphatic carbocycles. The number of amides is 1. The Morgan fingerprint density at radius 2 is 1.93 bits per heavy atom. The second-order valence-electron chi connectivity index (χ2n) is 8.17. The summed E-state index contributed by atoms with van der Waals surface area (Å²) < 4.78 is 1.58. The normalized spacial score (nSPS) is 21.1. The second-order valence-corrected chi connectivity index (χ2v) is 8.17. The first-order chi connectivity index (χ1) is 14.1. The summed E-state index contributed by atoms with van der Waals surface area (Å²) in [5, 5.41) is 20.2. The molecule has 2 aromatic rings. The standard InChI is InChI=1S/C21H27N5O3/c27-19(28)18-15-26(24-23-18)14-16-7-6-12-25(13-16)20(29)21(10-4-5-11-21)22-17-8-2-1-3-9-17/h1-3,8-9,15-16,22H,4-7,10-14H2,(H,27,28). The molecule has 1 atom stereocenters. The molecule has 1 aromatic heterocycles. The van der Waals surface area contributed by atoms with Crippen molar-refractivity contribution in [1.29, 1.82) is 0 Å². The van der Waals surface area contributed by atoms with Crippen LogP contribution >= 0.6 is 0 Å². The molecule has 1 saturated carbocycles. The van der Waals surface area contributed by atoms with Crippen molar-refractivity contribution in [3.8, 4) is 0 Å². The van der Waals surface area contributed by atoms with Gasteiger partial charge in [0.05, 0.1) is 6.20 Å². The summed E-state index contributed by atoms with van der Waals surface area (Å²) in [6.07, 6.45) is 7.21. The summed E-state index contributed by atoms with van der Waals surface area (Å²) in [4.78, 5) is 26.6. The fraction of sp³-hybridized carbons (Fsp3) is 0.524. The number of carboxylic acids is 1. The van der Waals surface area contributed by atoms with Crippen molar-refractivity contribution in [2.75, 3.05) is 18.4 Å². The number of aromatic carboxylic acids is 1. The fourth-order valence-corrected chi connectivity index (χ4v) is 4.62. The minimum Gasteiger partial charge on any atom is -0.476 e. The molecule has 1 aromatic carbocycles. The van der Waals surface area contributed by atoms with E-state index in [2.05, 4.69) is 15.6 Å². The highest BCUT2D eigenvalue weighted by molar-refractivity contribution is 5.90. The van der Waals surface area contributed by atoms with Gasteiger partial charge in [0, 0.05) is 25.3 Å². The maximum absolute atomic E-state index is 13.6. The number of rotatable bonds is 6. The third-order valence-corrected chi connectivity index (χ3v) is 6.03. The number of anilines is 1. The number of nitrogens with one attached hydrogen (secondary N) is 1. The summed E-state index contributed by atoms with van der Waals surface area (Å²) in [7, 11) is 0. The van der Waals surface area contributed by atoms with Crippen LogP contribution in [-0.2, 0) is 11.3 Å². The fourth-order valence-electron chi connectivity index (χ4n) is 4.62. The van der Waals surface area contributed by atoms with E-state index in [1.165, 1.54) is 6.20 Å². The zero-order valence-corrected chi connectivity index (χ0v) is 16.5. The Bertz CT molecular complexity index is 860. The van der Waals surface area contributed by atoms with Crippen LogP contribution in [0, 0.1) is 5.92 Å². The van der Waals surface area contributed by atoms with Crippen molar-refractivity contribution in [1.82, 2.24) is 19.9 Å². The number of likely N-dealkylation sites (tertiary alicyclic amines) is 1. The molecule has 8 nitrogen and oxygen atoms in total. The van der Waals surface area contributed by atoms with Crippen LogP contribution in [0.4, 0.5) is 5.69 Å². The molecule has 29 heavy (non-hydrogen) atoms. The Balaban J connectivity index is 1.44. The van der Waals surface area contributed by atoms with Gasteiger partial charge in [-0.25, -0.2) is 4.79 Å². The van der Waals surface area contributed by atoms with Crippen molar-refractivity contribution in [2.24, 2.45) is 5.92 Å². The molecule has 1 aliphatic heterocycles. The van der Waals surface area contributed by atoms with Gasteiger partial charge in [0.2, 0.25) is 5.91 Å². The molecular weight excluding hydrogens is 370 g/mol. The molecule has 1 amide bonds. The van der Waals surface area contributed by atoms with Crippen LogP contribution in [0.15, 0.2) is 36.5 Å². The van der Waals surface area contributed by atoms with Gasteiger partial charge in [-0.1, -0.05) is 36.3 Å². The molecule has 2 heterocycles. The second kappa shape index (κ2) is 8.23. The Labute approximate surface area is 169 Å². The Kier molecular flexibility index (Phi) is 5.51. The topological polar surface area (TPSA) is 100 Å². The largest absolute Gasteiger partial charge is 0.476 e. The lowest BCUT2D eigenvalue weighted by atomic mass is 9.91. The van der Waals surface area contributed by atoms with Gasteiger partial charge in [-0.05, 0) is 43.7 Å². The van der Waals surface area contributed by atoms with E-state index in [0.717, 1.165) is 50.8 Å². The highest BCUT2D eigenvalue weighted by atomic mass is 16.4. The quantitative estimate of drug-likeness (QED) is 0.777. The lowest BCUT2D eigenvalue weighted by Gasteiger charge is -2.40. The van der Waals surface area contributed by atoms with E-state index in [9.17, 15) is 9.59 Å². The summed E-state index contributed by atoms with van der Waals surface area (Å²) in [6, 6.07) is 9.96. The minimum atomic E-state index is -1.08. The monoisotopic (exact) mass is 397 g/mol. The number of hydrogen-bond acceptors (Lipinski definition) is 5. The molecule has 1 unspecified atom stereocenters. The molecule has 2 aliphatic rings. The van der Waals surface area contributed by atoms with E-state index >= 15 is 0 Å². The zero-order valence-electron chi connectivity index (χ0n) is 16.5. The van der Waals surface area contributed by atoms with Gasteiger partial charge in [0.25, 0.3) is 0 Å². The van der Waals surface area contributed by atoms with E-state index in [1.54, 1.807) is 4.68 Å². The van der Waals surface area contributed by atoms with Gasteiger partial charge < -0.3 is 15.3 Å². The SMILES string of the molecule is O=C(O)c1cn(CC2CCCN(C(=O)C3(Nc4ccccc4)CCCC3)C2)nn1. The van der Waals surface area contributed by atoms with Crippen LogP contribution in [0.2, 0.25) is 0 Å². The van der Waals surface area contributed by atoms with Crippen LogP contribution in [0.1, 0.15) is 49.0 Å². The van der Waals surface area contributed by atoms with E-state index in [1.807, 2.05) is 35.2 Å². The smallest absolute Gasteiger partial charge is 0.358 e. The molecule has 1 saturated heterocycles. The maximum atomic E-state index is 13.6. The minimum absolute atomic E-state index is 0.0503. The number of hydrogen-bond donors (Lipinski definition) is 2. The first kappa shape index (κ1) is 19.4. The van der Waals surface area contributed by atoms with E-state index in [4.69, 9.17) is 5.11 Å². The van der Waals surface area contributed by atoms with Crippen LogP contribution in [0.25, 0.3) is 0 Å². The van der Waals surface area contributed by atoms with E-state index in [0.29, 0.717) is 13.1 Å². The molecule has 8 heteroatoms. The first-order valence-electron chi connectivity index (χ1n) is 10.3. The average molecular weight is 397 g/mol. The predicted molar refractivity (Wildman–Crippen MR) is 108 cm³/mol. The van der Waals surface area contributed by atoms with Crippen molar-refractivity contribution in [2.45, 2.75) is 50.6 Å². The molecule has 2 fully saturated rings. The van der Waals surface area contributed by atoms with Crippen LogP contribution < -0.4 is 5.32 Å². The molecule has 2 N–H and O–H groups in total. The lowest BCUT2D eigenvalue weighted by molar-refractivity contribution is -0.137. The van der Waals surface area contributed by atoms with Crippen molar-refractivity contribution in [3.63, 3.8) is 0 Å². The third-order valence-electron chi connectivity index (χ3n) is 6.03. The van der Waals surface area contributed by atoms with Gasteiger partial charge in [-0.3, -0.25) is 9.48 Å². The Morgan fingerprint density at radius 1 is 1.17 bits per heavy atom. The van der Waals surface area contributed by atoms with Gasteiger partial charge in [0.15, 0.2) is 5.69 Å². The maximum Gasteiger partial charge on any atom is 0.358 e. The molecule has 0 radical (unpaired) electrons.